The van der Waals surface area contributed by atoms with Gasteiger partial charge in [0.05, 0.1) is 9.04 Å². The van der Waals surface area contributed by atoms with Crippen LogP contribution in [0.1, 0.15) is 22.7 Å². The molecule has 3 nitrogen and oxygen atoms in total. The maximum atomic E-state index is 6.08. The summed E-state index contributed by atoms with van der Waals surface area (Å²) >= 11 is 6.81. The first-order valence-electron chi connectivity index (χ1n) is 5.53. The van der Waals surface area contributed by atoms with E-state index in [1.807, 2.05) is 26.0 Å². The highest BCUT2D eigenvalue weighted by Gasteiger charge is 2.20. The smallest absolute Gasteiger partial charge is 0.188 e. The van der Waals surface area contributed by atoms with Gasteiger partial charge in [-0.1, -0.05) is 11.8 Å². The topological polar surface area (TPSA) is 51.8 Å². The van der Waals surface area contributed by atoms with Crippen molar-refractivity contribution in [3.05, 3.63) is 38.8 Å². The number of halogens is 1. The maximum absolute atomic E-state index is 6.08. The molecule has 6 heteroatoms. The molecule has 0 aliphatic heterocycles. The van der Waals surface area contributed by atoms with E-state index in [9.17, 15) is 0 Å². The second kappa shape index (κ2) is 6.14. The Hall–Kier alpha value is -0.430. The first-order valence-corrected chi connectivity index (χ1v) is 8.02. The largest absolute Gasteiger partial charge is 0.327 e. The van der Waals surface area contributed by atoms with E-state index in [1.165, 1.54) is 4.88 Å². The molecule has 18 heavy (non-hydrogen) atoms. The molecule has 0 aliphatic rings. The zero-order valence-corrected chi connectivity index (χ0v) is 13.3. The van der Waals surface area contributed by atoms with Crippen molar-refractivity contribution >= 4 is 39.0 Å². The van der Waals surface area contributed by atoms with E-state index in [2.05, 4.69) is 32.0 Å². The molecular weight excluding hydrogens is 330 g/mol. The van der Waals surface area contributed by atoms with Gasteiger partial charge in [-0.05, 0) is 48.0 Å². The van der Waals surface area contributed by atoms with Gasteiger partial charge in [-0.25, -0.2) is 9.97 Å². The van der Waals surface area contributed by atoms with Crippen LogP contribution in [-0.4, -0.2) is 16.0 Å². The maximum Gasteiger partial charge on any atom is 0.188 e. The summed E-state index contributed by atoms with van der Waals surface area (Å²) in [6, 6.07) is 6.09. The Morgan fingerprint density at radius 2 is 2.17 bits per heavy atom. The van der Waals surface area contributed by atoms with Crippen molar-refractivity contribution in [2.24, 2.45) is 5.73 Å². The van der Waals surface area contributed by atoms with E-state index in [0.717, 1.165) is 14.6 Å². The molecule has 0 aromatic carbocycles. The highest BCUT2D eigenvalue weighted by Crippen LogP contribution is 2.39. The second-order valence-corrected chi connectivity index (χ2v) is 7.62. The van der Waals surface area contributed by atoms with Crippen molar-refractivity contribution in [1.82, 2.24) is 9.97 Å². The van der Waals surface area contributed by atoms with Gasteiger partial charge in [0.25, 0.3) is 0 Å². The Balaban J connectivity index is 2.22. The lowest BCUT2D eigenvalue weighted by Gasteiger charge is -2.17. The first kappa shape index (κ1) is 14.0. The van der Waals surface area contributed by atoms with Crippen LogP contribution in [0.4, 0.5) is 0 Å². The monoisotopic (exact) mass is 343 g/mol. The zero-order valence-electron chi connectivity index (χ0n) is 10.1. The molecule has 2 N–H and O–H groups in total. The summed E-state index contributed by atoms with van der Waals surface area (Å²) in [7, 11) is 0. The lowest BCUT2D eigenvalue weighted by molar-refractivity contribution is 0.725. The molecule has 0 radical (unpaired) electrons. The summed E-state index contributed by atoms with van der Waals surface area (Å²) in [4.78, 5) is 9.94. The van der Waals surface area contributed by atoms with Crippen molar-refractivity contribution in [1.29, 1.82) is 0 Å². The quantitative estimate of drug-likeness (QED) is 0.677. The average molecular weight is 344 g/mol. The number of hydrogen-bond acceptors (Lipinski definition) is 5. The molecule has 0 bridgehead atoms. The van der Waals surface area contributed by atoms with Gasteiger partial charge in [-0.15, -0.1) is 11.3 Å². The van der Waals surface area contributed by atoms with E-state index < -0.39 is 0 Å². The highest BCUT2D eigenvalue weighted by molar-refractivity contribution is 9.11. The fourth-order valence-corrected chi connectivity index (χ4v) is 4.27. The minimum Gasteiger partial charge on any atom is -0.327 e. The van der Waals surface area contributed by atoms with Gasteiger partial charge in [0.2, 0.25) is 0 Å². The first-order chi connectivity index (χ1) is 8.56. The number of thioether (sulfide) groups is 1. The minimum atomic E-state index is 0.0460. The van der Waals surface area contributed by atoms with Gasteiger partial charge in [-0.3, -0.25) is 0 Å². The van der Waals surface area contributed by atoms with Crippen LogP contribution in [0.5, 0.6) is 0 Å². The Bertz CT molecular complexity index is 528. The fraction of sp³-hybridized carbons (Fsp3) is 0.333. The molecule has 2 aromatic rings. The number of aromatic nitrogens is 2. The van der Waals surface area contributed by atoms with Gasteiger partial charge in [0.1, 0.15) is 0 Å². The number of hydrogen-bond donors (Lipinski definition) is 1. The summed E-state index contributed by atoms with van der Waals surface area (Å²) in [6.07, 6.45) is 1.78. The predicted molar refractivity (Wildman–Crippen MR) is 81.0 cm³/mol. The van der Waals surface area contributed by atoms with E-state index in [1.54, 1.807) is 29.3 Å². The number of nitrogens with zero attached hydrogens (tertiary/aromatic N) is 2. The lowest BCUT2D eigenvalue weighted by atomic mass is 10.2. The van der Waals surface area contributed by atoms with Crippen molar-refractivity contribution in [3.63, 3.8) is 0 Å². The van der Waals surface area contributed by atoms with E-state index in [4.69, 9.17) is 5.73 Å². The molecule has 0 aliphatic carbocycles. The van der Waals surface area contributed by atoms with Crippen LogP contribution in [-0.2, 0) is 0 Å². The van der Waals surface area contributed by atoms with Crippen molar-refractivity contribution in [2.45, 2.75) is 30.3 Å². The van der Waals surface area contributed by atoms with Crippen molar-refractivity contribution in [3.8, 4) is 0 Å². The Labute approximate surface area is 123 Å². The van der Waals surface area contributed by atoms with Crippen LogP contribution < -0.4 is 5.73 Å². The third kappa shape index (κ3) is 3.54. The van der Waals surface area contributed by atoms with Crippen molar-refractivity contribution < 1.29 is 0 Å². The fourth-order valence-electron chi connectivity index (χ4n) is 1.50. The van der Waals surface area contributed by atoms with Crippen LogP contribution in [0.3, 0.4) is 0 Å². The summed E-state index contributed by atoms with van der Waals surface area (Å²) in [6.45, 7) is 3.98. The molecule has 2 aromatic heterocycles. The van der Waals surface area contributed by atoms with Crippen LogP contribution in [0.25, 0.3) is 0 Å². The molecule has 0 fully saturated rings. The van der Waals surface area contributed by atoms with E-state index in [-0.39, 0.29) is 11.3 Å². The third-order valence-corrected chi connectivity index (χ3v) is 5.56. The number of rotatable bonds is 4. The summed E-state index contributed by atoms with van der Waals surface area (Å²) in [5.74, 6) is 0. The summed E-state index contributed by atoms with van der Waals surface area (Å²) in [5.41, 5.74) is 7.05. The molecule has 0 saturated heterocycles. The molecule has 96 valence electrons. The van der Waals surface area contributed by atoms with Crippen molar-refractivity contribution in [2.75, 3.05) is 0 Å². The normalized spacial score (nSPS) is 14.4. The van der Waals surface area contributed by atoms with Gasteiger partial charge in [0, 0.05) is 22.8 Å². The van der Waals surface area contributed by atoms with Gasteiger partial charge < -0.3 is 5.73 Å². The highest BCUT2D eigenvalue weighted by atomic mass is 79.9. The molecule has 2 atom stereocenters. The van der Waals surface area contributed by atoms with E-state index in [0.29, 0.717) is 0 Å². The zero-order chi connectivity index (χ0) is 13.1. The minimum absolute atomic E-state index is 0.0460. The van der Waals surface area contributed by atoms with Crippen LogP contribution in [0.15, 0.2) is 33.3 Å². The SMILES string of the molecule is Cc1ccnc(SC(c2ccc(Br)s2)C(C)N)n1. The Morgan fingerprint density at radius 3 is 2.72 bits per heavy atom. The molecule has 0 spiro atoms. The summed E-state index contributed by atoms with van der Waals surface area (Å²) < 4.78 is 1.12. The molecular formula is C12H14BrN3S2. The standard InChI is InChI=1S/C12H14BrN3S2/c1-7-5-6-15-12(16-7)18-11(8(2)14)9-3-4-10(13)17-9/h3-6,8,11H,14H2,1-2H3. The molecule has 0 saturated carbocycles. The van der Waals surface area contributed by atoms with Crippen LogP contribution in [0.2, 0.25) is 0 Å². The van der Waals surface area contributed by atoms with Gasteiger partial charge >= 0.3 is 0 Å². The van der Waals surface area contributed by atoms with Crippen LogP contribution >= 0.6 is 39.0 Å². The second-order valence-electron chi connectivity index (χ2n) is 4.02. The molecule has 2 unspecified atom stereocenters. The number of thiophene rings is 1. The number of aryl methyl sites for hydroxylation is 1. The Kier molecular flexibility index (Phi) is 4.77. The predicted octanol–water partition coefficient (Wildman–Crippen LogP) is 3.79. The Morgan fingerprint density at radius 1 is 1.39 bits per heavy atom. The molecule has 2 heterocycles. The molecule has 0 amide bonds. The molecule has 2 rings (SSSR count). The average Bonchev–Trinajstić information content (AvgIpc) is 2.72. The van der Waals surface area contributed by atoms with E-state index >= 15 is 0 Å². The third-order valence-electron chi connectivity index (χ3n) is 2.36. The van der Waals surface area contributed by atoms with Gasteiger partial charge in [0.15, 0.2) is 5.16 Å². The lowest BCUT2D eigenvalue weighted by Crippen LogP contribution is -2.22. The van der Waals surface area contributed by atoms with Gasteiger partial charge in [-0.2, -0.15) is 0 Å². The number of nitrogens with two attached hydrogens (primary N) is 1. The summed E-state index contributed by atoms with van der Waals surface area (Å²) in [5, 5.41) is 0.963. The van der Waals surface area contributed by atoms with Crippen LogP contribution in [0, 0.1) is 6.92 Å².